The Morgan fingerprint density at radius 3 is 2.50 bits per heavy atom. The molecule has 2 atom stereocenters. The molecule has 4 nitrogen and oxygen atoms in total. The molecule has 0 aromatic heterocycles. The Morgan fingerprint density at radius 1 is 1.40 bits per heavy atom. The summed E-state index contributed by atoms with van der Waals surface area (Å²) in [6, 6.07) is 5.95. The van der Waals surface area contributed by atoms with Crippen LogP contribution >= 0.6 is 11.8 Å². The van der Waals surface area contributed by atoms with Crippen LogP contribution in [0.4, 0.5) is 4.39 Å². The molecule has 1 amide bonds. The van der Waals surface area contributed by atoms with Gasteiger partial charge in [-0.1, -0.05) is 23.9 Å². The second-order valence-electron chi connectivity index (χ2n) is 4.83. The zero-order chi connectivity index (χ0) is 14.9. The predicted octanol–water partition coefficient (Wildman–Crippen LogP) is 2.45. The Labute approximate surface area is 120 Å². The molecule has 0 spiro atoms. The first kappa shape index (κ1) is 14.7. The number of rotatable bonds is 3. The molecule has 0 saturated carbocycles. The standard InChI is InChI=1S/C14H15FN2O2S/c1-8(10-4-6-11(15)7-5-10)16-13-17-12(19)14(3,20-13)9(2)18/h4-8H,1-3H3,(H,16,17,19)/t8-,14-/m0/s1. The Morgan fingerprint density at radius 2 is 2.00 bits per heavy atom. The number of ketones is 1. The van der Waals surface area contributed by atoms with Crippen molar-refractivity contribution in [2.24, 2.45) is 4.99 Å². The molecule has 6 heteroatoms. The van der Waals surface area contributed by atoms with Crippen LogP contribution in [0.15, 0.2) is 29.3 Å². The van der Waals surface area contributed by atoms with Crippen molar-refractivity contribution in [2.75, 3.05) is 0 Å². The first-order chi connectivity index (χ1) is 9.33. The number of halogens is 1. The molecule has 1 aliphatic rings. The van der Waals surface area contributed by atoms with Crippen molar-refractivity contribution in [3.63, 3.8) is 0 Å². The number of hydrogen-bond acceptors (Lipinski definition) is 4. The molecule has 106 valence electrons. The van der Waals surface area contributed by atoms with Crippen molar-refractivity contribution < 1.29 is 14.0 Å². The van der Waals surface area contributed by atoms with Crippen LogP contribution in [0.2, 0.25) is 0 Å². The fourth-order valence-electron chi connectivity index (χ4n) is 1.76. The maximum Gasteiger partial charge on any atom is 0.272 e. The van der Waals surface area contributed by atoms with E-state index in [1.54, 1.807) is 19.1 Å². The highest BCUT2D eigenvalue weighted by atomic mass is 32.2. The third kappa shape index (κ3) is 2.75. The van der Waals surface area contributed by atoms with Crippen LogP contribution in [-0.2, 0) is 9.59 Å². The van der Waals surface area contributed by atoms with Crippen LogP contribution in [0, 0.1) is 5.82 Å². The second-order valence-corrected chi connectivity index (χ2v) is 6.24. The SMILES string of the molecule is CC(=O)[C@]1(C)SC(N[C@@H](C)c2ccc(F)cc2)=NC1=O. The topological polar surface area (TPSA) is 58.5 Å². The monoisotopic (exact) mass is 294 g/mol. The van der Waals surface area contributed by atoms with E-state index in [9.17, 15) is 14.0 Å². The molecule has 0 bridgehead atoms. The largest absolute Gasteiger partial charge is 0.358 e. The smallest absolute Gasteiger partial charge is 0.272 e. The first-order valence-electron chi connectivity index (χ1n) is 6.18. The summed E-state index contributed by atoms with van der Waals surface area (Å²) in [5.74, 6) is -0.959. The lowest BCUT2D eigenvalue weighted by molar-refractivity contribution is -0.127. The van der Waals surface area contributed by atoms with Gasteiger partial charge in [0.15, 0.2) is 15.7 Å². The average Bonchev–Trinajstić information content (AvgIpc) is 2.66. The van der Waals surface area contributed by atoms with Crippen molar-refractivity contribution in [1.29, 1.82) is 0 Å². The van der Waals surface area contributed by atoms with E-state index >= 15 is 0 Å². The van der Waals surface area contributed by atoms with Gasteiger partial charge in [0.2, 0.25) is 0 Å². The third-order valence-electron chi connectivity index (χ3n) is 3.29. The number of amidine groups is 1. The lowest BCUT2D eigenvalue weighted by atomic mass is 10.1. The molecule has 1 aromatic rings. The zero-order valence-corrected chi connectivity index (χ0v) is 12.3. The molecule has 0 radical (unpaired) electrons. The highest BCUT2D eigenvalue weighted by Gasteiger charge is 2.45. The summed E-state index contributed by atoms with van der Waals surface area (Å²) < 4.78 is 11.7. The molecular weight excluding hydrogens is 279 g/mol. The summed E-state index contributed by atoms with van der Waals surface area (Å²) in [5, 5.41) is 3.49. The molecule has 0 saturated heterocycles. The molecule has 2 rings (SSSR count). The van der Waals surface area contributed by atoms with E-state index in [1.807, 2.05) is 6.92 Å². The lowest BCUT2D eigenvalue weighted by Gasteiger charge is -2.18. The van der Waals surface area contributed by atoms with Crippen LogP contribution < -0.4 is 5.32 Å². The van der Waals surface area contributed by atoms with Gasteiger partial charge >= 0.3 is 0 Å². The maximum atomic E-state index is 12.9. The van der Waals surface area contributed by atoms with Crippen LogP contribution in [0.1, 0.15) is 32.4 Å². The Hall–Kier alpha value is -1.69. The summed E-state index contributed by atoms with van der Waals surface area (Å²) in [4.78, 5) is 27.2. The molecular formula is C14H15FN2O2S. The number of hydrogen-bond donors (Lipinski definition) is 1. The van der Waals surface area contributed by atoms with E-state index in [1.165, 1.54) is 19.1 Å². The van der Waals surface area contributed by atoms with Gasteiger partial charge in [-0.2, -0.15) is 4.99 Å². The van der Waals surface area contributed by atoms with Gasteiger partial charge in [0.05, 0.1) is 6.04 Å². The summed E-state index contributed by atoms with van der Waals surface area (Å²) in [7, 11) is 0. The molecule has 1 aromatic carbocycles. The molecule has 20 heavy (non-hydrogen) atoms. The summed E-state index contributed by atoms with van der Waals surface area (Å²) in [6.45, 7) is 4.83. The van der Waals surface area contributed by atoms with E-state index in [2.05, 4.69) is 10.3 Å². The maximum absolute atomic E-state index is 12.9. The fourth-order valence-corrected chi connectivity index (χ4v) is 2.79. The number of nitrogens with one attached hydrogen (secondary N) is 1. The minimum atomic E-state index is -1.13. The van der Waals surface area contributed by atoms with E-state index in [0.29, 0.717) is 5.17 Å². The van der Waals surface area contributed by atoms with Gasteiger partial charge < -0.3 is 5.32 Å². The van der Waals surface area contributed by atoms with Gasteiger partial charge in [0, 0.05) is 0 Å². The van der Waals surface area contributed by atoms with Crippen molar-refractivity contribution in [1.82, 2.24) is 5.32 Å². The predicted molar refractivity (Wildman–Crippen MR) is 77.1 cm³/mol. The number of thioether (sulfide) groups is 1. The highest BCUT2D eigenvalue weighted by Crippen LogP contribution is 2.34. The summed E-state index contributed by atoms with van der Waals surface area (Å²) >= 11 is 1.12. The van der Waals surface area contributed by atoms with Gasteiger partial charge in [-0.15, -0.1) is 0 Å². The molecule has 0 fully saturated rings. The van der Waals surface area contributed by atoms with Crippen molar-refractivity contribution >= 4 is 28.6 Å². The third-order valence-corrected chi connectivity index (χ3v) is 4.57. The number of aliphatic imine (C=N–C) groups is 1. The van der Waals surface area contributed by atoms with Gasteiger partial charge in [-0.3, -0.25) is 9.59 Å². The van der Waals surface area contributed by atoms with Crippen LogP contribution in [-0.4, -0.2) is 21.6 Å². The number of carbonyl (C=O) groups is 2. The van der Waals surface area contributed by atoms with Crippen molar-refractivity contribution in [3.05, 3.63) is 35.6 Å². The van der Waals surface area contributed by atoms with E-state index in [4.69, 9.17) is 0 Å². The van der Waals surface area contributed by atoms with E-state index in [-0.39, 0.29) is 17.6 Å². The average molecular weight is 294 g/mol. The normalized spacial score (nSPS) is 23.4. The van der Waals surface area contributed by atoms with Gasteiger partial charge in [0.1, 0.15) is 5.82 Å². The molecule has 0 unspecified atom stereocenters. The molecule has 1 aliphatic heterocycles. The number of amides is 1. The van der Waals surface area contributed by atoms with Crippen molar-refractivity contribution in [3.8, 4) is 0 Å². The number of Topliss-reactive ketones (excluding diaryl/α,β-unsaturated/α-hetero) is 1. The van der Waals surface area contributed by atoms with Crippen LogP contribution in [0.5, 0.6) is 0 Å². The zero-order valence-electron chi connectivity index (χ0n) is 11.4. The van der Waals surface area contributed by atoms with Gasteiger partial charge in [-0.05, 0) is 38.5 Å². The van der Waals surface area contributed by atoms with E-state index < -0.39 is 10.7 Å². The highest BCUT2D eigenvalue weighted by molar-refractivity contribution is 8.16. The first-order valence-corrected chi connectivity index (χ1v) is 7.00. The van der Waals surface area contributed by atoms with Crippen LogP contribution in [0.25, 0.3) is 0 Å². The Bertz CT molecular complexity index is 585. The van der Waals surface area contributed by atoms with E-state index in [0.717, 1.165) is 17.3 Å². The Kier molecular flexibility index (Phi) is 3.94. The van der Waals surface area contributed by atoms with Crippen molar-refractivity contribution in [2.45, 2.75) is 31.6 Å². The molecule has 0 aliphatic carbocycles. The number of benzene rings is 1. The number of carbonyl (C=O) groups excluding carboxylic acids is 2. The molecule has 1 N–H and O–H groups in total. The minimum absolute atomic E-state index is 0.135. The van der Waals surface area contributed by atoms with Crippen LogP contribution in [0.3, 0.4) is 0 Å². The molecule has 1 heterocycles. The van der Waals surface area contributed by atoms with Gasteiger partial charge in [0.25, 0.3) is 5.91 Å². The Balaban J connectivity index is 2.08. The lowest BCUT2D eigenvalue weighted by Crippen LogP contribution is -2.35. The summed E-state index contributed by atoms with van der Waals surface area (Å²) in [6.07, 6.45) is 0. The fraction of sp³-hybridized carbons (Fsp3) is 0.357. The second kappa shape index (κ2) is 5.36. The summed E-state index contributed by atoms with van der Waals surface area (Å²) in [5.41, 5.74) is 0.874. The van der Waals surface area contributed by atoms with Gasteiger partial charge in [-0.25, -0.2) is 4.39 Å². The quantitative estimate of drug-likeness (QED) is 0.870. The minimum Gasteiger partial charge on any atom is -0.358 e. The number of nitrogens with zero attached hydrogens (tertiary/aromatic N) is 1.